The Morgan fingerprint density at radius 2 is 1.77 bits per heavy atom. The first kappa shape index (κ1) is 18.2. The van der Waals surface area contributed by atoms with Crippen molar-refractivity contribution in [3.8, 4) is 5.75 Å². The number of carbonyl (C=O) groups is 1. The van der Waals surface area contributed by atoms with Gasteiger partial charge in [-0.25, -0.2) is 4.79 Å². The lowest BCUT2D eigenvalue weighted by Gasteiger charge is -2.38. The summed E-state index contributed by atoms with van der Waals surface area (Å²) >= 11 is 0. The molecule has 0 unspecified atom stereocenters. The second kappa shape index (κ2) is 8.19. The molecule has 0 radical (unpaired) electrons. The monoisotopic (exact) mass is 351 g/mol. The zero-order valence-electron chi connectivity index (χ0n) is 15.1. The maximum Gasteiger partial charge on any atom is 0.348 e. The lowest BCUT2D eigenvalue weighted by atomic mass is 9.91. The fraction of sp³-hybridized carbons (Fsp3) is 0.318. The molecule has 0 aliphatic carbocycles. The molecule has 4 heteroatoms. The van der Waals surface area contributed by atoms with Crippen LogP contribution in [0.15, 0.2) is 60.7 Å². The SMILES string of the molecule is Cc1ccccc1OC1(C(=O)O)CCN(C/C=C/c2ccccc2)CC1. The number of aryl methyl sites for hydroxylation is 1. The minimum Gasteiger partial charge on any atom is -0.478 e. The number of piperidine rings is 1. The van der Waals surface area contributed by atoms with Crippen LogP contribution in [0.3, 0.4) is 0 Å². The average Bonchev–Trinajstić information content (AvgIpc) is 2.66. The van der Waals surface area contributed by atoms with Crippen LogP contribution < -0.4 is 4.74 Å². The molecule has 2 aromatic carbocycles. The van der Waals surface area contributed by atoms with Crippen molar-refractivity contribution in [2.45, 2.75) is 25.4 Å². The van der Waals surface area contributed by atoms with Crippen LogP contribution in [0, 0.1) is 6.92 Å². The molecule has 1 N–H and O–H groups in total. The summed E-state index contributed by atoms with van der Waals surface area (Å²) in [5.74, 6) is -0.215. The van der Waals surface area contributed by atoms with Gasteiger partial charge in [0.25, 0.3) is 0 Å². The normalized spacial score (nSPS) is 17.3. The molecule has 3 rings (SSSR count). The van der Waals surface area contributed by atoms with Crippen LogP contribution in [0.2, 0.25) is 0 Å². The Bertz CT molecular complexity index is 762. The fourth-order valence-electron chi connectivity index (χ4n) is 3.24. The van der Waals surface area contributed by atoms with Crippen molar-refractivity contribution in [1.29, 1.82) is 0 Å². The predicted molar refractivity (Wildman–Crippen MR) is 103 cm³/mol. The number of likely N-dealkylation sites (tertiary alicyclic amines) is 1. The number of hydrogen-bond acceptors (Lipinski definition) is 3. The van der Waals surface area contributed by atoms with Crippen molar-refractivity contribution in [2.75, 3.05) is 19.6 Å². The quantitative estimate of drug-likeness (QED) is 0.854. The molecule has 1 aliphatic rings. The minimum absolute atomic E-state index is 0.482. The first-order valence-corrected chi connectivity index (χ1v) is 9.01. The zero-order chi connectivity index (χ0) is 18.4. The maximum absolute atomic E-state index is 11.9. The third-order valence-electron chi connectivity index (χ3n) is 4.93. The second-order valence-electron chi connectivity index (χ2n) is 6.78. The Labute approximate surface area is 154 Å². The number of aliphatic carboxylic acids is 1. The highest BCUT2D eigenvalue weighted by atomic mass is 16.5. The molecule has 1 fully saturated rings. The summed E-state index contributed by atoms with van der Waals surface area (Å²) in [5, 5.41) is 9.79. The highest BCUT2D eigenvalue weighted by Crippen LogP contribution is 2.31. The fourth-order valence-corrected chi connectivity index (χ4v) is 3.24. The number of carboxylic acids is 1. The molecule has 0 aromatic heterocycles. The number of ether oxygens (including phenoxy) is 1. The summed E-state index contributed by atoms with van der Waals surface area (Å²) in [5.41, 5.74) is 1.000. The smallest absolute Gasteiger partial charge is 0.348 e. The van der Waals surface area contributed by atoms with Crippen LogP contribution in [-0.4, -0.2) is 41.2 Å². The van der Waals surface area contributed by atoms with Crippen molar-refractivity contribution in [1.82, 2.24) is 4.90 Å². The van der Waals surface area contributed by atoms with E-state index in [4.69, 9.17) is 4.74 Å². The van der Waals surface area contributed by atoms with Crippen molar-refractivity contribution in [3.63, 3.8) is 0 Å². The lowest BCUT2D eigenvalue weighted by Crippen LogP contribution is -2.53. The van der Waals surface area contributed by atoms with Gasteiger partial charge in [-0.2, -0.15) is 0 Å². The maximum atomic E-state index is 11.9. The standard InChI is InChI=1S/C22H25NO3/c1-18-8-5-6-12-20(18)26-22(21(24)25)13-16-23(17-14-22)15-7-11-19-9-3-2-4-10-19/h2-12H,13-17H2,1H3,(H,24,25)/b11-7+. The van der Waals surface area contributed by atoms with Crippen LogP contribution >= 0.6 is 0 Å². The van der Waals surface area contributed by atoms with Crippen LogP contribution in [-0.2, 0) is 4.79 Å². The number of carboxylic acid groups (broad SMARTS) is 1. The van der Waals surface area contributed by atoms with Crippen molar-refractivity contribution in [3.05, 3.63) is 71.8 Å². The summed E-state index contributed by atoms with van der Waals surface area (Å²) in [6.07, 6.45) is 5.19. The predicted octanol–water partition coefficient (Wildman–Crippen LogP) is 4.01. The van der Waals surface area contributed by atoms with Crippen molar-refractivity contribution >= 4 is 12.0 Å². The van der Waals surface area contributed by atoms with Gasteiger partial charge in [-0.05, 0) is 24.1 Å². The molecule has 26 heavy (non-hydrogen) atoms. The first-order valence-electron chi connectivity index (χ1n) is 9.01. The van der Waals surface area contributed by atoms with Gasteiger partial charge in [0.15, 0.2) is 0 Å². The summed E-state index contributed by atoms with van der Waals surface area (Å²) in [7, 11) is 0. The first-order chi connectivity index (χ1) is 12.6. The third kappa shape index (κ3) is 4.33. The van der Waals surface area contributed by atoms with E-state index in [1.165, 1.54) is 5.56 Å². The molecule has 1 saturated heterocycles. The van der Waals surface area contributed by atoms with E-state index in [2.05, 4.69) is 29.2 Å². The Hall–Kier alpha value is -2.59. The van der Waals surface area contributed by atoms with E-state index in [1.807, 2.05) is 49.4 Å². The van der Waals surface area contributed by atoms with Crippen molar-refractivity contribution < 1.29 is 14.6 Å². The molecule has 136 valence electrons. The molecule has 1 aliphatic heterocycles. The van der Waals surface area contributed by atoms with Gasteiger partial charge < -0.3 is 9.84 Å². The number of nitrogens with zero attached hydrogens (tertiary/aromatic N) is 1. The topological polar surface area (TPSA) is 49.8 Å². The number of rotatable bonds is 6. The third-order valence-corrected chi connectivity index (χ3v) is 4.93. The Morgan fingerprint density at radius 3 is 2.42 bits per heavy atom. The molecule has 2 aromatic rings. The molecular formula is C22H25NO3. The van der Waals surface area contributed by atoms with E-state index in [1.54, 1.807) is 0 Å². The van der Waals surface area contributed by atoms with Gasteiger partial charge in [-0.15, -0.1) is 0 Å². The van der Waals surface area contributed by atoms with Crippen molar-refractivity contribution in [2.24, 2.45) is 0 Å². The molecule has 0 spiro atoms. The minimum atomic E-state index is -1.13. The molecule has 4 nitrogen and oxygen atoms in total. The molecule has 0 saturated carbocycles. The van der Waals surface area contributed by atoms with Gasteiger partial charge in [0.05, 0.1) is 0 Å². The van der Waals surface area contributed by atoms with Gasteiger partial charge in [0, 0.05) is 32.5 Å². The van der Waals surface area contributed by atoms with Gasteiger partial charge in [-0.3, -0.25) is 4.90 Å². The van der Waals surface area contributed by atoms with E-state index < -0.39 is 11.6 Å². The van der Waals surface area contributed by atoms with Crippen LogP contribution in [0.1, 0.15) is 24.0 Å². The van der Waals surface area contributed by atoms with E-state index >= 15 is 0 Å². The van der Waals surface area contributed by atoms with Crippen LogP contribution in [0.4, 0.5) is 0 Å². The van der Waals surface area contributed by atoms with Crippen LogP contribution in [0.25, 0.3) is 6.08 Å². The molecule has 0 bridgehead atoms. The zero-order valence-corrected chi connectivity index (χ0v) is 15.1. The van der Waals surface area contributed by atoms with Gasteiger partial charge in [0.1, 0.15) is 5.75 Å². The van der Waals surface area contributed by atoms with Gasteiger partial charge in [-0.1, -0.05) is 60.7 Å². The summed E-state index contributed by atoms with van der Waals surface area (Å²) in [6, 6.07) is 17.8. The van der Waals surface area contributed by atoms with Gasteiger partial charge >= 0.3 is 5.97 Å². The number of hydrogen-bond donors (Lipinski definition) is 1. The number of para-hydroxylation sites is 1. The summed E-state index contributed by atoms with van der Waals surface area (Å²) < 4.78 is 6.01. The Kier molecular flexibility index (Phi) is 5.74. The van der Waals surface area contributed by atoms with Crippen LogP contribution in [0.5, 0.6) is 5.75 Å². The lowest BCUT2D eigenvalue weighted by molar-refractivity contribution is -0.159. The van der Waals surface area contributed by atoms with E-state index in [0.717, 1.165) is 12.1 Å². The van der Waals surface area contributed by atoms with E-state index in [0.29, 0.717) is 31.7 Å². The summed E-state index contributed by atoms with van der Waals surface area (Å²) in [6.45, 7) is 4.16. The largest absolute Gasteiger partial charge is 0.478 e. The molecular weight excluding hydrogens is 326 g/mol. The Balaban J connectivity index is 1.60. The number of benzene rings is 2. The van der Waals surface area contributed by atoms with Gasteiger partial charge in [0.2, 0.25) is 5.60 Å². The molecule has 0 amide bonds. The Morgan fingerprint density at radius 1 is 1.12 bits per heavy atom. The average molecular weight is 351 g/mol. The molecule has 0 atom stereocenters. The highest BCUT2D eigenvalue weighted by Gasteiger charge is 2.44. The second-order valence-corrected chi connectivity index (χ2v) is 6.78. The van der Waals surface area contributed by atoms with E-state index in [-0.39, 0.29) is 0 Å². The summed E-state index contributed by atoms with van der Waals surface area (Å²) in [4.78, 5) is 14.2. The molecule has 1 heterocycles. The van der Waals surface area contributed by atoms with E-state index in [9.17, 15) is 9.90 Å². The highest BCUT2D eigenvalue weighted by molar-refractivity contribution is 5.78.